The molecule has 1 fully saturated rings. The van der Waals surface area contributed by atoms with Crippen molar-refractivity contribution in [2.75, 3.05) is 0 Å². The molecule has 0 saturated heterocycles. The normalized spacial score (nSPS) is 23.4. The standard InChI is InChI=1S/C12H11Cl2N3O/c13-7-3-6(4-8(14)5-7)10-11(15)16-12(18)17(10)9-1-2-9/h3-5,9-10H,1-2H2,(H2,15,16,18). The number of amidine groups is 1. The average Bonchev–Trinajstić information content (AvgIpc) is 3.03. The molecule has 6 heteroatoms. The van der Waals surface area contributed by atoms with Crippen molar-refractivity contribution in [3.8, 4) is 0 Å². The second kappa shape index (κ2) is 4.14. The predicted octanol–water partition coefficient (Wildman–Crippen LogP) is 2.99. The van der Waals surface area contributed by atoms with Crippen LogP contribution >= 0.6 is 23.2 Å². The zero-order valence-electron chi connectivity index (χ0n) is 9.44. The fourth-order valence-corrected chi connectivity index (χ4v) is 2.81. The number of amides is 2. The highest BCUT2D eigenvalue weighted by atomic mass is 35.5. The molecule has 1 atom stereocenters. The van der Waals surface area contributed by atoms with Gasteiger partial charge in [-0.15, -0.1) is 0 Å². The number of rotatable bonds is 2. The summed E-state index contributed by atoms with van der Waals surface area (Å²) in [4.78, 5) is 17.4. The van der Waals surface area contributed by atoms with E-state index in [4.69, 9.17) is 28.9 Å². The molecular weight excluding hydrogens is 273 g/mol. The molecule has 18 heavy (non-hydrogen) atoms. The molecule has 1 aliphatic carbocycles. The summed E-state index contributed by atoms with van der Waals surface area (Å²) in [6, 6.07) is 4.84. The van der Waals surface area contributed by atoms with Gasteiger partial charge in [0.15, 0.2) is 0 Å². The van der Waals surface area contributed by atoms with Crippen LogP contribution in [0.15, 0.2) is 23.2 Å². The van der Waals surface area contributed by atoms with Gasteiger partial charge in [-0.05, 0) is 36.6 Å². The minimum Gasteiger partial charge on any atom is -0.385 e. The van der Waals surface area contributed by atoms with Crippen molar-refractivity contribution in [2.24, 2.45) is 10.7 Å². The Bertz CT molecular complexity index is 534. The van der Waals surface area contributed by atoms with Crippen molar-refractivity contribution in [2.45, 2.75) is 24.9 Å². The van der Waals surface area contributed by atoms with Gasteiger partial charge in [0.2, 0.25) is 0 Å². The van der Waals surface area contributed by atoms with E-state index < -0.39 is 0 Å². The van der Waals surface area contributed by atoms with Gasteiger partial charge in [0.05, 0.1) is 0 Å². The van der Waals surface area contributed by atoms with Crippen LogP contribution in [0.3, 0.4) is 0 Å². The highest BCUT2D eigenvalue weighted by Gasteiger charge is 2.43. The van der Waals surface area contributed by atoms with Crippen molar-refractivity contribution in [3.63, 3.8) is 0 Å². The summed E-state index contributed by atoms with van der Waals surface area (Å²) in [5.74, 6) is 0.310. The Hall–Kier alpha value is -1.26. The summed E-state index contributed by atoms with van der Waals surface area (Å²) < 4.78 is 0. The van der Waals surface area contributed by atoms with Gasteiger partial charge < -0.3 is 10.6 Å². The number of benzene rings is 1. The number of nitrogens with zero attached hydrogens (tertiary/aromatic N) is 2. The molecule has 2 aliphatic rings. The van der Waals surface area contributed by atoms with Crippen molar-refractivity contribution < 1.29 is 4.79 Å². The van der Waals surface area contributed by atoms with E-state index in [0.717, 1.165) is 18.4 Å². The molecule has 4 nitrogen and oxygen atoms in total. The number of halogens is 2. The molecule has 0 bridgehead atoms. The van der Waals surface area contributed by atoms with Crippen LogP contribution < -0.4 is 5.73 Å². The monoisotopic (exact) mass is 283 g/mol. The smallest absolute Gasteiger partial charge is 0.346 e. The largest absolute Gasteiger partial charge is 0.385 e. The molecule has 2 N–H and O–H groups in total. The summed E-state index contributed by atoms with van der Waals surface area (Å²) in [5.41, 5.74) is 6.67. The summed E-state index contributed by atoms with van der Waals surface area (Å²) in [5, 5.41) is 1.06. The van der Waals surface area contributed by atoms with E-state index in [9.17, 15) is 4.79 Å². The number of carbonyl (C=O) groups excluding carboxylic acids is 1. The third-order valence-corrected chi connectivity index (χ3v) is 3.58. The first-order valence-corrected chi connectivity index (χ1v) is 6.44. The van der Waals surface area contributed by atoms with E-state index in [-0.39, 0.29) is 18.1 Å². The summed E-state index contributed by atoms with van der Waals surface area (Å²) in [7, 11) is 0. The quantitative estimate of drug-likeness (QED) is 0.907. The van der Waals surface area contributed by atoms with Gasteiger partial charge in [-0.3, -0.25) is 0 Å². The fraction of sp³-hybridized carbons (Fsp3) is 0.333. The Balaban J connectivity index is 2.02. The van der Waals surface area contributed by atoms with Crippen LogP contribution in [0.4, 0.5) is 4.79 Å². The topological polar surface area (TPSA) is 58.7 Å². The lowest BCUT2D eigenvalue weighted by molar-refractivity contribution is 0.203. The van der Waals surface area contributed by atoms with E-state index in [1.54, 1.807) is 23.1 Å². The Labute approximate surface area is 114 Å². The fourth-order valence-electron chi connectivity index (χ4n) is 2.27. The second-order valence-electron chi connectivity index (χ2n) is 4.56. The van der Waals surface area contributed by atoms with Crippen LogP contribution in [0.25, 0.3) is 0 Å². The van der Waals surface area contributed by atoms with Crippen LogP contribution in [-0.4, -0.2) is 22.8 Å². The summed E-state index contributed by atoms with van der Waals surface area (Å²) in [6.45, 7) is 0. The van der Waals surface area contributed by atoms with E-state index in [1.807, 2.05) is 0 Å². The summed E-state index contributed by atoms with van der Waals surface area (Å²) in [6.07, 6.45) is 2.00. The summed E-state index contributed by atoms with van der Waals surface area (Å²) >= 11 is 12.0. The number of nitrogens with two attached hydrogens (primary N) is 1. The number of carbonyl (C=O) groups is 1. The maximum atomic E-state index is 11.8. The molecule has 94 valence electrons. The molecule has 1 aromatic rings. The van der Waals surface area contributed by atoms with Gasteiger partial charge in [0, 0.05) is 16.1 Å². The van der Waals surface area contributed by atoms with Gasteiger partial charge in [-0.1, -0.05) is 23.2 Å². The number of urea groups is 1. The molecule has 1 heterocycles. The first-order chi connectivity index (χ1) is 8.56. The first-order valence-electron chi connectivity index (χ1n) is 5.68. The Kier molecular flexibility index (Phi) is 2.72. The van der Waals surface area contributed by atoms with Gasteiger partial charge in [0.1, 0.15) is 11.9 Å². The average molecular weight is 284 g/mol. The number of hydrogen-bond acceptors (Lipinski definition) is 2. The Morgan fingerprint density at radius 3 is 2.39 bits per heavy atom. The van der Waals surface area contributed by atoms with E-state index in [1.165, 1.54) is 0 Å². The molecule has 0 radical (unpaired) electrons. The highest BCUT2D eigenvalue weighted by molar-refractivity contribution is 6.34. The Morgan fingerprint density at radius 2 is 1.83 bits per heavy atom. The Morgan fingerprint density at radius 1 is 1.22 bits per heavy atom. The molecular formula is C12H11Cl2N3O. The first kappa shape index (κ1) is 11.8. The number of hydrogen-bond donors (Lipinski definition) is 1. The molecule has 0 spiro atoms. The van der Waals surface area contributed by atoms with Crippen molar-refractivity contribution >= 4 is 35.1 Å². The molecule has 1 aromatic carbocycles. The third kappa shape index (κ3) is 1.95. The highest BCUT2D eigenvalue weighted by Crippen LogP contribution is 2.39. The van der Waals surface area contributed by atoms with Crippen LogP contribution in [-0.2, 0) is 0 Å². The lowest BCUT2D eigenvalue weighted by Crippen LogP contribution is -2.35. The zero-order chi connectivity index (χ0) is 12.9. The van der Waals surface area contributed by atoms with Gasteiger partial charge in [0.25, 0.3) is 0 Å². The SMILES string of the molecule is NC1=NC(=O)N(C2CC2)C1c1cc(Cl)cc(Cl)c1. The third-order valence-electron chi connectivity index (χ3n) is 3.14. The second-order valence-corrected chi connectivity index (χ2v) is 5.44. The molecule has 3 rings (SSSR count). The molecule has 0 aromatic heterocycles. The van der Waals surface area contributed by atoms with E-state index >= 15 is 0 Å². The van der Waals surface area contributed by atoms with Crippen molar-refractivity contribution in [1.82, 2.24) is 4.90 Å². The lowest BCUT2D eigenvalue weighted by atomic mass is 10.1. The lowest BCUT2D eigenvalue weighted by Gasteiger charge is -2.24. The van der Waals surface area contributed by atoms with E-state index in [2.05, 4.69) is 4.99 Å². The maximum absolute atomic E-state index is 11.8. The zero-order valence-corrected chi connectivity index (χ0v) is 10.9. The van der Waals surface area contributed by atoms with Crippen LogP contribution in [0.1, 0.15) is 24.4 Å². The molecule has 2 amide bonds. The number of aliphatic imine (C=N–C) groups is 1. The van der Waals surface area contributed by atoms with Gasteiger partial charge in [-0.25, -0.2) is 4.79 Å². The van der Waals surface area contributed by atoms with Crippen LogP contribution in [0, 0.1) is 0 Å². The predicted molar refractivity (Wildman–Crippen MR) is 71.1 cm³/mol. The minimum atomic E-state index is -0.332. The molecule has 1 unspecified atom stereocenters. The minimum absolute atomic E-state index is 0.241. The van der Waals surface area contributed by atoms with Crippen molar-refractivity contribution in [3.05, 3.63) is 33.8 Å². The van der Waals surface area contributed by atoms with Crippen LogP contribution in [0.2, 0.25) is 10.0 Å². The van der Waals surface area contributed by atoms with Gasteiger partial charge in [-0.2, -0.15) is 4.99 Å². The maximum Gasteiger partial charge on any atom is 0.346 e. The molecule has 1 aliphatic heterocycles. The van der Waals surface area contributed by atoms with E-state index in [0.29, 0.717) is 15.9 Å². The van der Waals surface area contributed by atoms with Gasteiger partial charge >= 0.3 is 6.03 Å². The van der Waals surface area contributed by atoms with Crippen molar-refractivity contribution in [1.29, 1.82) is 0 Å². The van der Waals surface area contributed by atoms with Crippen LogP contribution in [0.5, 0.6) is 0 Å². The molecule has 1 saturated carbocycles.